The molecule has 0 aliphatic heterocycles. The van der Waals surface area contributed by atoms with Gasteiger partial charge in [0.25, 0.3) is 5.69 Å². The van der Waals surface area contributed by atoms with Gasteiger partial charge in [-0.05, 0) is 12.8 Å². The maximum absolute atomic E-state index is 11.3. The number of hydrogen-bond donors (Lipinski definition) is 1. The Labute approximate surface area is 121 Å². The van der Waals surface area contributed by atoms with Gasteiger partial charge >= 0.3 is 5.97 Å². The first kappa shape index (κ1) is 16.0. The van der Waals surface area contributed by atoms with Crippen molar-refractivity contribution in [2.45, 2.75) is 12.8 Å². The van der Waals surface area contributed by atoms with Crippen LogP contribution in [0.2, 0.25) is 5.02 Å². The lowest BCUT2D eigenvalue weighted by Gasteiger charge is -2.22. The molecule has 0 heterocycles. The number of carbonyl (C=O) groups is 1. The third kappa shape index (κ3) is 3.71. The zero-order valence-corrected chi connectivity index (χ0v) is 11.8. The summed E-state index contributed by atoms with van der Waals surface area (Å²) < 4.78 is 0. The van der Waals surface area contributed by atoms with E-state index in [-0.39, 0.29) is 22.0 Å². The smallest absolute Gasteiger partial charge is 0.338 e. The van der Waals surface area contributed by atoms with E-state index in [2.05, 4.69) is 6.58 Å². The number of aromatic carboxylic acids is 1. The molecule has 0 bridgehead atoms. The lowest BCUT2D eigenvalue weighted by atomic mass is 10.1. The van der Waals surface area contributed by atoms with Crippen LogP contribution in [0.3, 0.4) is 0 Å². The number of nitro groups is 1. The standard InChI is InChI=1S/C13H15ClN2O4/c1-3-4-5-6-15(2)12-10(13(17)18)7-9(16(19)20)8-11(12)14/h3,7-8H,1,4-6H2,2H3,(H,17,18). The Morgan fingerprint density at radius 1 is 1.60 bits per heavy atom. The number of anilines is 1. The van der Waals surface area contributed by atoms with Gasteiger partial charge in [-0.15, -0.1) is 6.58 Å². The van der Waals surface area contributed by atoms with E-state index in [9.17, 15) is 20.0 Å². The van der Waals surface area contributed by atoms with Gasteiger partial charge in [-0.2, -0.15) is 0 Å². The summed E-state index contributed by atoms with van der Waals surface area (Å²) in [5.41, 5.74) is -0.227. The van der Waals surface area contributed by atoms with Crippen molar-refractivity contribution in [1.82, 2.24) is 0 Å². The van der Waals surface area contributed by atoms with E-state index in [0.29, 0.717) is 6.54 Å². The van der Waals surface area contributed by atoms with Crippen LogP contribution in [-0.2, 0) is 0 Å². The number of carboxylic acid groups (broad SMARTS) is 1. The zero-order valence-electron chi connectivity index (χ0n) is 11.0. The molecule has 0 fully saturated rings. The van der Waals surface area contributed by atoms with Crippen LogP contribution in [0.4, 0.5) is 11.4 Å². The molecule has 0 spiro atoms. The summed E-state index contributed by atoms with van der Waals surface area (Å²) >= 11 is 6.00. The number of nitrogens with zero attached hydrogens (tertiary/aromatic N) is 2. The number of nitro benzene ring substituents is 1. The van der Waals surface area contributed by atoms with Crippen LogP contribution in [0.15, 0.2) is 24.8 Å². The topological polar surface area (TPSA) is 83.7 Å². The summed E-state index contributed by atoms with van der Waals surface area (Å²) in [6.07, 6.45) is 3.34. The van der Waals surface area contributed by atoms with Gasteiger partial charge in [-0.1, -0.05) is 17.7 Å². The molecule has 0 aliphatic carbocycles. The predicted octanol–water partition coefficient (Wildman–Crippen LogP) is 3.35. The number of unbranched alkanes of at least 4 members (excludes halogenated alkanes) is 1. The summed E-state index contributed by atoms with van der Waals surface area (Å²) in [5.74, 6) is -1.25. The number of non-ortho nitro benzene ring substituents is 1. The largest absolute Gasteiger partial charge is 0.478 e. The Hall–Kier alpha value is -2.08. The van der Waals surface area contributed by atoms with E-state index in [1.807, 2.05) is 0 Å². The molecule has 0 aromatic heterocycles. The first-order chi connectivity index (χ1) is 9.38. The molecule has 1 aromatic rings. The van der Waals surface area contributed by atoms with E-state index in [0.717, 1.165) is 25.0 Å². The van der Waals surface area contributed by atoms with Crippen LogP contribution in [0.25, 0.3) is 0 Å². The number of benzene rings is 1. The van der Waals surface area contributed by atoms with Crippen LogP contribution in [0, 0.1) is 10.1 Å². The fraction of sp³-hybridized carbons (Fsp3) is 0.308. The number of allylic oxidation sites excluding steroid dienone is 1. The quantitative estimate of drug-likeness (QED) is 0.361. The van der Waals surface area contributed by atoms with Crippen molar-refractivity contribution in [3.05, 3.63) is 45.5 Å². The van der Waals surface area contributed by atoms with Gasteiger partial charge in [0, 0.05) is 25.7 Å². The highest BCUT2D eigenvalue weighted by Gasteiger charge is 2.22. The normalized spacial score (nSPS) is 10.1. The molecule has 108 valence electrons. The second-order valence-corrected chi connectivity index (χ2v) is 4.65. The maximum Gasteiger partial charge on any atom is 0.338 e. The molecule has 6 nitrogen and oxygen atoms in total. The minimum absolute atomic E-state index is 0.0534. The molecule has 1 rings (SSSR count). The molecule has 0 unspecified atom stereocenters. The Balaban J connectivity index is 3.20. The van der Waals surface area contributed by atoms with Crippen LogP contribution >= 0.6 is 11.6 Å². The van der Waals surface area contributed by atoms with E-state index in [4.69, 9.17) is 11.6 Å². The summed E-state index contributed by atoms with van der Waals surface area (Å²) in [6.45, 7) is 4.18. The molecular formula is C13H15ClN2O4. The number of rotatable bonds is 7. The average molecular weight is 299 g/mol. The van der Waals surface area contributed by atoms with Crippen molar-refractivity contribution >= 4 is 28.9 Å². The van der Waals surface area contributed by atoms with Crippen molar-refractivity contribution < 1.29 is 14.8 Å². The highest BCUT2D eigenvalue weighted by Crippen LogP contribution is 2.33. The number of hydrogen-bond acceptors (Lipinski definition) is 4. The minimum Gasteiger partial charge on any atom is -0.478 e. The van der Waals surface area contributed by atoms with Crippen molar-refractivity contribution in [3.63, 3.8) is 0 Å². The fourth-order valence-electron chi connectivity index (χ4n) is 1.83. The molecular weight excluding hydrogens is 284 g/mol. The first-order valence-electron chi connectivity index (χ1n) is 5.91. The van der Waals surface area contributed by atoms with Gasteiger partial charge in [0.1, 0.15) is 0 Å². The van der Waals surface area contributed by atoms with E-state index < -0.39 is 10.9 Å². The summed E-state index contributed by atoms with van der Waals surface area (Å²) in [7, 11) is 1.70. The maximum atomic E-state index is 11.3. The molecule has 1 N–H and O–H groups in total. The lowest BCUT2D eigenvalue weighted by Crippen LogP contribution is -2.21. The predicted molar refractivity (Wildman–Crippen MR) is 77.8 cm³/mol. The monoisotopic (exact) mass is 298 g/mol. The Morgan fingerprint density at radius 3 is 2.75 bits per heavy atom. The van der Waals surface area contributed by atoms with Gasteiger partial charge in [0.15, 0.2) is 0 Å². The molecule has 0 aliphatic rings. The van der Waals surface area contributed by atoms with Gasteiger partial charge in [-0.3, -0.25) is 10.1 Å². The Morgan fingerprint density at radius 2 is 2.25 bits per heavy atom. The highest BCUT2D eigenvalue weighted by molar-refractivity contribution is 6.34. The molecule has 0 radical (unpaired) electrons. The Kier molecular flexibility index (Phi) is 5.52. The molecule has 0 saturated carbocycles. The van der Waals surface area contributed by atoms with Crippen molar-refractivity contribution in [2.24, 2.45) is 0 Å². The van der Waals surface area contributed by atoms with Crippen LogP contribution in [0.5, 0.6) is 0 Å². The Bertz CT molecular complexity index is 545. The first-order valence-corrected chi connectivity index (χ1v) is 6.29. The summed E-state index contributed by atoms with van der Waals surface area (Å²) in [6, 6.07) is 2.18. The molecule has 0 amide bonds. The minimum atomic E-state index is -1.25. The van der Waals surface area contributed by atoms with Crippen LogP contribution in [0.1, 0.15) is 23.2 Å². The second-order valence-electron chi connectivity index (χ2n) is 4.24. The average Bonchev–Trinajstić information content (AvgIpc) is 2.37. The third-order valence-corrected chi connectivity index (χ3v) is 3.06. The molecule has 1 aromatic carbocycles. The molecule has 0 atom stereocenters. The van der Waals surface area contributed by atoms with Gasteiger partial charge in [0.05, 0.1) is 21.2 Å². The summed E-state index contributed by atoms with van der Waals surface area (Å²) in [4.78, 5) is 23.0. The number of halogens is 1. The van der Waals surface area contributed by atoms with Crippen molar-refractivity contribution in [2.75, 3.05) is 18.5 Å². The molecule has 7 heteroatoms. The van der Waals surface area contributed by atoms with E-state index >= 15 is 0 Å². The van der Waals surface area contributed by atoms with Gasteiger partial charge in [-0.25, -0.2) is 4.79 Å². The zero-order chi connectivity index (χ0) is 15.3. The van der Waals surface area contributed by atoms with Gasteiger partial charge < -0.3 is 10.0 Å². The van der Waals surface area contributed by atoms with E-state index in [1.54, 1.807) is 18.0 Å². The van der Waals surface area contributed by atoms with Crippen LogP contribution in [-0.4, -0.2) is 29.6 Å². The van der Waals surface area contributed by atoms with Crippen LogP contribution < -0.4 is 4.90 Å². The SMILES string of the molecule is C=CCCCN(C)c1c(Cl)cc([N+](=O)[O-])cc1C(=O)O. The summed E-state index contributed by atoms with van der Waals surface area (Å²) in [5, 5.41) is 20.0. The van der Waals surface area contributed by atoms with Crippen molar-refractivity contribution in [1.29, 1.82) is 0 Å². The number of carboxylic acids is 1. The fourth-order valence-corrected chi connectivity index (χ4v) is 2.18. The second kappa shape index (κ2) is 6.91. The van der Waals surface area contributed by atoms with E-state index in [1.165, 1.54) is 0 Å². The van der Waals surface area contributed by atoms with Gasteiger partial charge in [0.2, 0.25) is 0 Å². The lowest BCUT2D eigenvalue weighted by molar-refractivity contribution is -0.384. The van der Waals surface area contributed by atoms with Crippen molar-refractivity contribution in [3.8, 4) is 0 Å². The highest BCUT2D eigenvalue weighted by atomic mass is 35.5. The molecule has 20 heavy (non-hydrogen) atoms. The third-order valence-electron chi connectivity index (χ3n) is 2.77. The molecule has 0 saturated heterocycles.